The van der Waals surface area contributed by atoms with E-state index >= 15 is 0 Å². The summed E-state index contributed by atoms with van der Waals surface area (Å²) in [5.41, 5.74) is 1.63. The Morgan fingerprint density at radius 1 is 1.36 bits per heavy atom. The first-order chi connectivity index (χ1) is 11.9. The van der Waals surface area contributed by atoms with Crippen LogP contribution >= 0.6 is 0 Å². The molecule has 25 heavy (non-hydrogen) atoms. The van der Waals surface area contributed by atoms with E-state index in [9.17, 15) is 14.7 Å². The highest BCUT2D eigenvalue weighted by Crippen LogP contribution is 2.25. The Balaban J connectivity index is 1.82. The number of carbonyl (C=O) groups is 1. The summed E-state index contributed by atoms with van der Waals surface area (Å²) in [6.07, 6.45) is 1.66. The Morgan fingerprint density at radius 2 is 2.08 bits per heavy atom. The van der Waals surface area contributed by atoms with Crippen LogP contribution in [0.4, 0.5) is 5.69 Å². The molecule has 6 nitrogen and oxygen atoms in total. The van der Waals surface area contributed by atoms with E-state index in [0.29, 0.717) is 23.7 Å². The van der Waals surface area contributed by atoms with Crippen molar-refractivity contribution in [3.63, 3.8) is 0 Å². The minimum absolute atomic E-state index is 0.168. The van der Waals surface area contributed by atoms with Gasteiger partial charge >= 0.3 is 5.63 Å². The van der Waals surface area contributed by atoms with Crippen LogP contribution in [0.3, 0.4) is 0 Å². The highest BCUT2D eigenvalue weighted by molar-refractivity contribution is 5.92. The van der Waals surface area contributed by atoms with Gasteiger partial charge in [0.2, 0.25) is 5.91 Å². The van der Waals surface area contributed by atoms with E-state index in [-0.39, 0.29) is 17.6 Å². The molecular weight excluding hydrogens is 320 g/mol. The Kier molecular flexibility index (Phi) is 5.20. The van der Waals surface area contributed by atoms with E-state index in [0.717, 1.165) is 36.9 Å². The molecule has 3 rings (SSSR count). The minimum Gasteiger partial charge on any atom is -0.423 e. The standard InChI is InChI=1S/C19H24N2O4/c1-12(22)14-5-7-21(8-6-14)11-15-9-19(24)25-18-10-16(20-13(2)23)3-4-17(15)18/h3-4,9-10,12,14,22H,5-8,11H2,1-2H3,(H,20,23). The van der Waals surface area contributed by atoms with Gasteiger partial charge < -0.3 is 14.8 Å². The largest absolute Gasteiger partial charge is 0.423 e. The van der Waals surface area contributed by atoms with E-state index in [1.807, 2.05) is 19.1 Å². The first-order valence-corrected chi connectivity index (χ1v) is 8.67. The molecule has 0 aliphatic carbocycles. The number of benzene rings is 1. The highest BCUT2D eigenvalue weighted by Gasteiger charge is 2.23. The monoisotopic (exact) mass is 344 g/mol. The summed E-state index contributed by atoms with van der Waals surface area (Å²) in [5, 5.41) is 13.3. The van der Waals surface area contributed by atoms with E-state index in [1.54, 1.807) is 12.1 Å². The van der Waals surface area contributed by atoms with Gasteiger partial charge in [-0.1, -0.05) is 0 Å². The molecular formula is C19H24N2O4. The molecule has 6 heteroatoms. The first-order valence-electron chi connectivity index (χ1n) is 8.67. The van der Waals surface area contributed by atoms with Crippen molar-refractivity contribution in [3.8, 4) is 0 Å². The summed E-state index contributed by atoms with van der Waals surface area (Å²) < 4.78 is 5.30. The Morgan fingerprint density at radius 3 is 2.72 bits per heavy atom. The van der Waals surface area contributed by atoms with E-state index < -0.39 is 0 Å². The average molecular weight is 344 g/mol. The molecule has 0 spiro atoms. The normalized spacial score (nSPS) is 17.6. The highest BCUT2D eigenvalue weighted by atomic mass is 16.4. The van der Waals surface area contributed by atoms with Crippen molar-refractivity contribution in [2.75, 3.05) is 18.4 Å². The van der Waals surface area contributed by atoms with Crippen LogP contribution in [0.2, 0.25) is 0 Å². The molecule has 0 saturated carbocycles. The average Bonchev–Trinajstić information content (AvgIpc) is 2.54. The van der Waals surface area contributed by atoms with Crippen LogP contribution in [0, 0.1) is 5.92 Å². The van der Waals surface area contributed by atoms with Crippen LogP contribution in [0.15, 0.2) is 33.5 Å². The van der Waals surface area contributed by atoms with Crippen molar-refractivity contribution in [2.24, 2.45) is 5.92 Å². The fraction of sp³-hybridized carbons (Fsp3) is 0.474. The molecule has 1 unspecified atom stereocenters. The number of nitrogens with zero attached hydrogens (tertiary/aromatic N) is 1. The molecule has 2 heterocycles. The third-order valence-electron chi connectivity index (χ3n) is 4.86. The van der Waals surface area contributed by atoms with Crippen molar-refractivity contribution in [2.45, 2.75) is 39.3 Å². The number of hydrogen-bond acceptors (Lipinski definition) is 5. The second-order valence-electron chi connectivity index (χ2n) is 6.84. The van der Waals surface area contributed by atoms with Gasteiger partial charge in [0.05, 0.1) is 6.10 Å². The van der Waals surface area contributed by atoms with Crippen LogP contribution in [-0.4, -0.2) is 35.1 Å². The topological polar surface area (TPSA) is 82.8 Å². The maximum absolute atomic E-state index is 11.9. The van der Waals surface area contributed by atoms with Gasteiger partial charge in [-0.25, -0.2) is 4.79 Å². The molecule has 1 amide bonds. The lowest BCUT2D eigenvalue weighted by molar-refractivity contribution is -0.114. The third-order valence-corrected chi connectivity index (χ3v) is 4.86. The molecule has 2 aromatic rings. The SMILES string of the molecule is CC(=O)Nc1ccc2c(CN3CCC(C(C)O)CC3)cc(=O)oc2c1. The summed E-state index contributed by atoms with van der Waals surface area (Å²) in [7, 11) is 0. The zero-order valence-electron chi connectivity index (χ0n) is 14.6. The number of aliphatic hydroxyl groups is 1. The maximum Gasteiger partial charge on any atom is 0.336 e. The second-order valence-corrected chi connectivity index (χ2v) is 6.84. The number of piperidine rings is 1. The van der Waals surface area contributed by atoms with Gasteiger partial charge in [-0.2, -0.15) is 0 Å². The molecule has 2 N–H and O–H groups in total. The summed E-state index contributed by atoms with van der Waals surface area (Å²) in [4.78, 5) is 25.4. The molecule has 1 aromatic carbocycles. The number of likely N-dealkylation sites (tertiary alicyclic amines) is 1. The number of aliphatic hydroxyl groups excluding tert-OH is 1. The van der Waals surface area contributed by atoms with E-state index in [4.69, 9.17) is 4.42 Å². The Bertz CT molecular complexity index is 820. The van der Waals surface area contributed by atoms with Crippen LogP contribution < -0.4 is 10.9 Å². The van der Waals surface area contributed by atoms with Gasteiger partial charge in [-0.15, -0.1) is 0 Å². The summed E-state index contributed by atoms with van der Waals surface area (Å²) in [6, 6.07) is 6.91. The van der Waals surface area contributed by atoms with Crippen LogP contribution in [0.25, 0.3) is 11.0 Å². The van der Waals surface area contributed by atoms with Gasteiger partial charge in [-0.3, -0.25) is 9.69 Å². The number of carbonyl (C=O) groups excluding carboxylic acids is 1. The fourth-order valence-electron chi connectivity index (χ4n) is 3.48. The quantitative estimate of drug-likeness (QED) is 0.832. The molecule has 0 bridgehead atoms. The van der Waals surface area contributed by atoms with Gasteiger partial charge in [0.25, 0.3) is 0 Å². The van der Waals surface area contributed by atoms with Gasteiger partial charge in [0.15, 0.2) is 0 Å². The molecule has 1 aliphatic heterocycles. The van der Waals surface area contributed by atoms with Crippen LogP contribution in [0.1, 0.15) is 32.3 Å². The lowest BCUT2D eigenvalue weighted by Crippen LogP contribution is -2.36. The molecule has 1 saturated heterocycles. The first kappa shape index (κ1) is 17.6. The number of amides is 1. The smallest absolute Gasteiger partial charge is 0.336 e. The number of rotatable bonds is 4. The molecule has 1 aliphatic rings. The van der Waals surface area contributed by atoms with Crippen molar-refractivity contribution in [1.82, 2.24) is 4.90 Å². The number of fused-ring (bicyclic) bond motifs is 1. The summed E-state index contributed by atoms with van der Waals surface area (Å²) >= 11 is 0. The lowest BCUT2D eigenvalue weighted by atomic mass is 9.92. The third kappa shape index (κ3) is 4.27. The van der Waals surface area contributed by atoms with Gasteiger partial charge in [-0.05, 0) is 56.5 Å². The Labute approximate surface area is 146 Å². The van der Waals surface area contributed by atoms with E-state index in [1.165, 1.54) is 6.92 Å². The predicted molar refractivity (Wildman–Crippen MR) is 96.5 cm³/mol. The minimum atomic E-state index is -0.388. The molecule has 1 fully saturated rings. The van der Waals surface area contributed by atoms with Crippen LogP contribution in [-0.2, 0) is 11.3 Å². The molecule has 0 radical (unpaired) electrons. The predicted octanol–water partition coefficient (Wildman–Crippen LogP) is 2.34. The fourth-order valence-corrected chi connectivity index (χ4v) is 3.48. The molecule has 1 aromatic heterocycles. The number of hydrogen-bond donors (Lipinski definition) is 2. The van der Waals surface area contributed by atoms with Gasteiger partial charge in [0.1, 0.15) is 5.58 Å². The number of nitrogens with one attached hydrogen (secondary N) is 1. The van der Waals surface area contributed by atoms with Crippen molar-refractivity contribution >= 4 is 22.6 Å². The zero-order chi connectivity index (χ0) is 18.0. The van der Waals surface area contributed by atoms with Crippen molar-refractivity contribution in [3.05, 3.63) is 40.2 Å². The second kappa shape index (κ2) is 7.37. The van der Waals surface area contributed by atoms with E-state index in [2.05, 4.69) is 10.2 Å². The Hall–Kier alpha value is -2.18. The van der Waals surface area contributed by atoms with Crippen LogP contribution in [0.5, 0.6) is 0 Å². The zero-order valence-corrected chi connectivity index (χ0v) is 14.6. The van der Waals surface area contributed by atoms with Crippen molar-refractivity contribution in [1.29, 1.82) is 0 Å². The maximum atomic E-state index is 11.9. The lowest BCUT2D eigenvalue weighted by Gasteiger charge is -2.33. The summed E-state index contributed by atoms with van der Waals surface area (Å²) in [6.45, 7) is 5.77. The molecule has 1 atom stereocenters. The van der Waals surface area contributed by atoms with Gasteiger partial charge in [0, 0.05) is 36.7 Å². The van der Waals surface area contributed by atoms with Crippen molar-refractivity contribution < 1.29 is 14.3 Å². The number of anilines is 1. The molecule has 134 valence electrons. The summed E-state index contributed by atoms with van der Waals surface area (Å²) in [5.74, 6) is 0.188.